The Labute approximate surface area is 82.9 Å². The van der Waals surface area contributed by atoms with Crippen LogP contribution in [0.5, 0.6) is 0 Å². The molecule has 0 heterocycles. The molecule has 0 aromatic carbocycles. The van der Waals surface area contributed by atoms with E-state index in [2.05, 4.69) is 13.0 Å². The van der Waals surface area contributed by atoms with Gasteiger partial charge in [-0.2, -0.15) is 0 Å². The highest BCUT2D eigenvalue weighted by atomic mass is 16.3. The van der Waals surface area contributed by atoms with Crippen molar-refractivity contribution in [1.82, 2.24) is 0 Å². The first-order valence-electron chi connectivity index (χ1n) is 5.57. The third kappa shape index (κ3) is 9.62. The quantitative estimate of drug-likeness (QED) is 0.451. The summed E-state index contributed by atoms with van der Waals surface area (Å²) in [7, 11) is 0. The van der Waals surface area contributed by atoms with E-state index in [0.717, 1.165) is 12.0 Å². The minimum absolute atomic E-state index is 0.218. The van der Waals surface area contributed by atoms with Crippen molar-refractivity contribution in [3.8, 4) is 0 Å². The largest absolute Gasteiger partial charge is 0.392 e. The third-order valence-electron chi connectivity index (χ3n) is 2.30. The van der Waals surface area contributed by atoms with Gasteiger partial charge in [0.15, 0.2) is 0 Å². The SMILES string of the molecule is CCCCCCCC/C=C(\C)CO. The van der Waals surface area contributed by atoms with E-state index < -0.39 is 0 Å². The van der Waals surface area contributed by atoms with E-state index in [0.29, 0.717) is 0 Å². The topological polar surface area (TPSA) is 20.2 Å². The maximum Gasteiger partial charge on any atom is 0.0639 e. The zero-order valence-electron chi connectivity index (χ0n) is 9.18. The molecule has 1 nitrogen and oxygen atoms in total. The average molecular weight is 184 g/mol. The lowest BCUT2D eigenvalue weighted by Gasteiger charge is -1.98. The smallest absolute Gasteiger partial charge is 0.0639 e. The van der Waals surface area contributed by atoms with Gasteiger partial charge in [0.1, 0.15) is 0 Å². The van der Waals surface area contributed by atoms with Crippen molar-refractivity contribution in [3.05, 3.63) is 11.6 Å². The van der Waals surface area contributed by atoms with Gasteiger partial charge in [0.05, 0.1) is 6.61 Å². The molecule has 0 aliphatic heterocycles. The minimum Gasteiger partial charge on any atom is -0.392 e. The molecule has 0 spiro atoms. The molecule has 0 bridgehead atoms. The molecule has 0 amide bonds. The molecule has 0 saturated heterocycles. The number of unbranched alkanes of at least 4 members (excludes halogenated alkanes) is 6. The van der Waals surface area contributed by atoms with Gasteiger partial charge in [0.25, 0.3) is 0 Å². The van der Waals surface area contributed by atoms with Crippen LogP contribution in [0.15, 0.2) is 11.6 Å². The second-order valence-electron chi connectivity index (χ2n) is 3.77. The van der Waals surface area contributed by atoms with Crippen molar-refractivity contribution in [1.29, 1.82) is 0 Å². The number of aliphatic hydroxyl groups excluding tert-OH is 1. The van der Waals surface area contributed by atoms with E-state index >= 15 is 0 Å². The molecule has 1 N–H and O–H groups in total. The molecule has 78 valence electrons. The van der Waals surface area contributed by atoms with Crippen molar-refractivity contribution < 1.29 is 5.11 Å². The molecule has 0 radical (unpaired) electrons. The first-order valence-corrected chi connectivity index (χ1v) is 5.57. The maximum absolute atomic E-state index is 8.74. The Morgan fingerprint density at radius 3 is 2.31 bits per heavy atom. The molecule has 0 aliphatic rings. The zero-order valence-corrected chi connectivity index (χ0v) is 9.18. The number of rotatable bonds is 8. The van der Waals surface area contributed by atoms with E-state index in [1.54, 1.807) is 0 Å². The van der Waals surface area contributed by atoms with Gasteiger partial charge in [0, 0.05) is 0 Å². The Balaban J connectivity index is 3.08. The second kappa shape index (κ2) is 9.79. The summed E-state index contributed by atoms with van der Waals surface area (Å²) in [5.74, 6) is 0. The summed E-state index contributed by atoms with van der Waals surface area (Å²) in [6, 6.07) is 0. The molecule has 0 saturated carbocycles. The van der Waals surface area contributed by atoms with Gasteiger partial charge in [-0.3, -0.25) is 0 Å². The number of hydrogen-bond acceptors (Lipinski definition) is 1. The van der Waals surface area contributed by atoms with Gasteiger partial charge in [0.2, 0.25) is 0 Å². The van der Waals surface area contributed by atoms with Crippen molar-refractivity contribution in [2.24, 2.45) is 0 Å². The van der Waals surface area contributed by atoms with Crippen LogP contribution in [0.25, 0.3) is 0 Å². The first-order chi connectivity index (χ1) is 6.31. The van der Waals surface area contributed by atoms with E-state index in [9.17, 15) is 0 Å². The van der Waals surface area contributed by atoms with Gasteiger partial charge in [-0.05, 0) is 19.8 Å². The van der Waals surface area contributed by atoms with Crippen molar-refractivity contribution >= 4 is 0 Å². The van der Waals surface area contributed by atoms with Crippen LogP contribution in [-0.4, -0.2) is 11.7 Å². The fraction of sp³-hybridized carbons (Fsp3) is 0.833. The van der Waals surface area contributed by atoms with Gasteiger partial charge in [-0.25, -0.2) is 0 Å². The molecule has 0 aromatic rings. The molecule has 0 aromatic heterocycles. The predicted octanol–water partition coefficient (Wildman–Crippen LogP) is 3.68. The summed E-state index contributed by atoms with van der Waals surface area (Å²) in [5, 5.41) is 8.74. The van der Waals surface area contributed by atoms with Crippen LogP contribution in [0.1, 0.15) is 58.8 Å². The summed E-state index contributed by atoms with van der Waals surface area (Å²) >= 11 is 0. The molecule has 1 heteroatoms. The predicted molar refractivity (Wildman–Crippen MR) is 58.8 cm³/mol. The van der Waals surface area contributed by atoms with E-state index in [1.807, 2.05) is 6.92 Å². The van der Waals surface area contributed by atoms with E-state index in [1.165, 1.54) is 38.5 Å². The summed E-state index contributed by atoms with van der Waals surface area (Å²) in [5.41, 5.74) is 1.11. The number of hydrogen-bond donors (Lipinski definition) is 1. The van der Waals surface area contributed by atoms with Crippen LogP contribution in [0, 0.1) is 0 Å². The van der Waals surface area contributed by atoms with Crippen molar-refractivity contribution in [3.63, 3.8) is 0 Å². The van der Waals surface area contributed by atoms with Crippen molar-refractivity contribution in [2.75, 3.05) is 6.61 Å². The highest BCUT2D eigenvalue weighted by Gasteiger charge is 1.89. The molecule has 13 heavy (non-hydrogen) atoms. The highest BCUT2D eigenvalue weighted by Crippen LogP contribution is 2.08. The Morgan fingerprint density at radius 2 is 1.69 bits per heavy atom. The normalized spacial score (nSPS) is 12.1. The summed E-state index contributed by atoms with van der Waals surface area (Å²) in [4.78, 5) is 0. The molecule has 0 fully saturated rings. The average Bonchev–Trinajstić information content (AvgIpc) is 2.16. The lowest BCUT2D eigenvalue weighted by molar-refractivity contribution is 0.331. The van der Waals surface area contributed by atoms with Gasteiger partial charge >= 0.3 is 0 Å². The molecular weight excluding hydrogens is 160 g/mol. The lowest BCUT2D eigenvalue weighted by atomic mass is 10.1. The number of aliphatic hydroxyl groups is 1. The maximum atomic E-state index is 8.74. The monoisotopic (exact) mass is 184 g/mol. The highest BCUT2D eigenvalue weighted by molar-refractivity contribution is 4.97. The fourth-order valence-corrected chi connectivity index (χ4v) is 1.34. The molecule has 0 atom stereocenters. The summed E-state index contributed by atoms with van der Waals surface area (Å²) in [6.45, 7) is 4.44. The van der Waals surface area contributed by atoms with Crippen LogP contribution in [0.4, 0.5) is 0 Å². The number of allylic oxidation sites excluding steroid dienone is 1. The second-order valence-corrected chi connectivity index (χ2v) is 3.77. The van der Waals surface area contributed by atoms with Crippen LogP contribution in [-0.2, 0) is 0 Å². The zero-order chi connectivity index (χ0) is 9.94. The molecule has 0 aliphatic carbocycles. The molecular formula is C12H24O. The summed E-state index contributed by atoms with van der Waals surface area (Å²) in [6.07, 6.45) is 11.4. The summed E-state index contributed by atoms with van der Waals surface area (Å²) < 4.78 is 0. The van der Waals surface area contributed by atoms with Crippen molar-refractivity contribution in [2.45, 2.75) is 58.8 Å². The van der Waals surface area contributed by atoms with Crippen LogP contribution in [0.3, 0.4) is 0 Å². The molecule has 0 rings (SSSR count). The van der Waals surface area contributed by atoms with Crippen LogP contribution < -0.4 is 0 Å². The standard InChI is InChI=1S/C12H24O/c1-3-4-5-6-7-8-9-10-12(2)11-13/h10,13H,3-9,11H2,1-2H3/b12-10+. The van der Waals surface area contributed by atoms with Gasteiger partial charge in [-0.15, -0.1) is 0 Å². The molecule has 0 unspecified atom stereocenters. The fourth-order valence-electron chi connectivity index (χ4n) is 1.34. The van der Waals surface area contributed by atoms with Gasteiger partial charge < -0.3 is 5.11 Å². The van der Waals surface area contributed by atoms with Crippen LogP contribution in [0.2, 0.25) is 0 Å². The van der Waals surface area contributed by atoms with Crippen LogP contribution >= 0.6 is 0 Å². The Hall–Kier alpha value is -0.300. The third-order valence-corrected chi connectivity index (χ3v) is 2.30. The minimum atomic E-state index is 0.218. The van der Waals surface area contributed by atoms with E-state index in [4.69, 9.17) is 5.11 Å². The lowest BCUT2D eigenvalue weighted by Crippen LogP contribution is -1.84. The van der Waals surface area contributed by atoms with E-state index in [-0.39, 0.29) is 6.61 Å². The Morgan fingerprint density at radius 1 is 1.08 bits per heavy atom. The first kappa shape index (κ1) is 12.7. The van der Waals surface area contributed by atoms with Gasteiger partial charge in [-0.1, -0.05) is 50.7 Å². The Bertz CT molecular complexity index is 127. The Kier molecular flexibility index (Phi) is 9.56.